The van der Waals surface area contributed by atoms with Gasteiger partial charge in [0.25, 0.3) is 0 Å². The highest BCUT2D eigenvalue weighted by Gasteiger charge is 2.20. The number of nitrogens with two attached hydrogens (primary N) is 2. The molecule has 1 aromatic heterocycles. The molecule has 98 valence electrons. The minimum Gasteiger partial charge on any atom is -0.384 e. The largest absolute Gasteiger partial charge is 0.384 e. The third-order valence-electron chi connectivity index (χ3n) is 2.44. The second-order valence-electron chi connectivity index (χ2n) is 4.03. The fourth-order valence-corrected chi connectivity index (χ4v) is 2.62. The average Bonchev–Trinajstić information content (AvgIpc) is 2.35. The number of anilines is 1. The van der Waals surface area contributed by atoms with Crippen molar-refractivity contribution < 1.29 is 4.79 Å². The van der Waals surface area contributed by atoms with Crippen molar-refractivity contribution in [1.82, 2.24) is 9.97 Å². The number of benzene rings is 1. The molecule has 0 aliphatic carbocycles. The fourth-order valence-electron chi connectivity index (χ4n) is 1.64. The van der Waals surface area contributed by atoms with Crippen molar-refractivity contribution in [2.24, 2.45) is 5.73 Å². The monoisotopic (exact) mass is 274 g/mol. The molecule has 1 unspecified atom stereocenters. The number of amides is 1. The first-order chi connectivity index (χ1) is 9.06. The maximum atomic E-state index is 11.6. The lowest BCUT2D eigenvalue weighted by Crippen LogP contribution is -2.19. The molecule has 0 saturated heterocycles. The number of aryl methyl sites for hydroxylation is 1. The normalized spacial score (nSPS) is 12.1. The van der Waals surface area contributed by atoms with E-state index in [9.17, 15) is 4.79 Å². The number of primary amides is 1. The molecule has 1 atom stereocenters. The number of hydrogen-bond donors (Lipinski definition) is 2. The number of carbonyl (C=O) groups is 1. The summed E-state index contributed by atoms with van der Waals surface area (Å²) in [5, 5.41) is -0.0763. The van der Waals surface area contributed by atoms with Crippen molar-refractivity contribution in [3.8, 4) is 0 Å². The molecule has 0 aliphatic heterocycles. The van der Waals surface area contributed by atoms with Crippen molar-refractivity contribution in [1.29, 1.82) is 0 Å². The van der Waals surface area contributed by atoms with Gasteiger partial charge in [0.2, 0.25) is 5.91 Å². The molecule has 0 spiro atoms. The molecule has 2 aromatic rings. The van der Waals surface area contributed by atoms with E-state index in [2.05, 4.69) is 9.97 Å². The van der Waals surface area contributed by atoms with Crippen LogP contribution >= 0.6 is 11.8 Å². The van der Waals surface area contributed by atoms with Crippen LogP contribution in [0.4, 0.5) is 5.82 Å². The molecule has 0 bridgehead atoms. The first kappa shape index (κ1) is 13.4. The Morgan fingerprint density at radius 3 is 2.53 bits per heavy atom. The minimum absolute atomic E-state index is 0.381. The maximum Gasteiger partial charge on any atom is 0.235 e. The molecule has 4 N–H and O–H groups in total. The van der Waals surface area contributed by atoms with Crippen LogP contribution in [0.2, 0.25) is 0 Å². The van der Waals surface area contributed by atoms with Crippen LogP contribution in [-0.2, 0) is 4.79 Å². The van der Waals surface area contributed by atoms with Crippen LogP contribution in [0, 0.1) is 6.92 Å². The van der Waals surface area contributed by atoms with Crippen LogP contribution in [0.1, 0.15) is 16.5 Å². The number of aromatic nitrogens is 2. The molecule has 2 rings (SSSR count). The third kappa shape index (κ3) is 3.45. The minimum atomic E-state index is -0.526. The summed E-state index contributed by atoms with van der Waals surface area (Å²) in [6.07, 6.45) is 0. The van der Waals surface area contributed by atoms with E-state index in [0.717, 1.165) is 11.3 Å². The number of nitrogens with zero attached hydrogens (tertiary/aromatic N) is 2. The number of hydrogen-bond acceptors (Lipinski definition) is 5. The summed E-state index contributed by atoms with van der Waals surface area (Å²) in [4.78, 5) is 19.9. The smallest absolute Gasteiger partial charge is 0.235 e. The zero-order chi connectivity index (χ0) is 13.8. The Morgan fingerprint density at radius 1 is 1.26 bits per heavy atom. The van der Waals surface area contributed by atoms with Gasteiger partial charge in [0, 0.05) is 11.8 Å². The molecule has 6 heteroatoms. The van der Waals surface area contributed by atoms with E-state index in [-0.39, 0.29) is 0 Å². The lowest BCUT2D eigenvalue weighted by Gasteiger charge is -2.12. The van der Waals surface area contributed by atoms with Crippen LogP contribution in [0.3, 0.4) is 0 Å². The summed E-state index contributed by atoms with van der Waals surface area (Å²) >= 11 is 1.20. The summed E-state index contributed by atoms with van der Waals surface area (Å²) in [6.45, 7) is 1.82. The van der Waals surface area contributed by atoms with E-state index in [4.69, 9.17) is 11.5 Å². The predicted octanol–water partition coefficient (Wildman–Crippen LogP) is 1.69. The van der Waals surface area contributed by atoms with Gasteiger partial charge in [-0.25, -0.2) is 9.97 Å². The van der Waals surface area contributed by atoms with Crippen LogP contribution in [0.15, 0.2) is 41.6 Å². The van der Waals surface area contributed by atoms with E-state index in [0.29, 0.717) is 11.0 Å². The van der Waals surface area contributed by atoms with E-state index >= 15 is 0 Å². The lowest BCUT2D eigenvalue weighted by atomic mass is 10.1. The first-order valence-electron chi connectivity index (χ1n) is 5.68. The van der Waals surface area contributed by atoms with Gasteiger partial charge in [0.1, 0.15) is 11.1 Å². The predicted molar refractivity (Wildman–Crippen MR) is 75.4 cm³/mol. The lowest BCUT2D eigenvalue weighted by molar-refractivity contribution is -0.117. The first-order valence-corrected chi connectivity index (χ1v) is 6.56. The molecule has 0 saturated carbocycles. The Balaban J connectivity index is 2.29. The molecule has 19 heavy (non-hydrogen) atoms. The van der Waals surface area contributed by atoms with Crippen LogP contribution < -0.4 is 11.5 Å². The Hall–Kier alpha value is -2.08. The number of rotatable bonds is 4. The van der Waals surface area contributed by atoms with Crippen molar-refractivity contribution in [2.45, 2.75) is 17.3 Å². The topological polar surface area (TPSA) is 94.9 Å². The molecule has 0 radical (unpaired) electrons. The van der Waals surface area contributed by atoms with Crippen molar-refractivity contribution in [3.63, 3.8) is 0 Å². The second kappa shape index (κ2) is 5.71. The molecular weight excluding hydrogens is 260 g/mol. The quantitative estimate of drug-likeness (QED) is 0.653. The maximum absolute atomic E-state index is 11.6. The van der Waals surface area contributed by atoms with Crippen molar-refractivity contribution in [2.75, 3.05) is 5.73 Å². The second-order valence-corrected chi connectivity index (χ2v) is 5.10. The van der Waals surface area contributed by atoms with E-state index in [1.165, 1.54) is 11.8 Å². The Bertz CT molecular complexity index is 568. The van der Waals surface area contributed by atoms with Crippen LogP contribution in [0.25, 0.3) is 0 Å². The van der Waals surface area contributed by atoms with E-state index in [1.807, 2.05) is 37.3 Å². The van der Waals surface area contributed by atoms with Gasteiger partial charge in [0.05, 0.1) is 0 Å². The Labute approximate surface area is 115 Å². The average molecular weight is 274 g/mol. The summed E-state index contributed by atoms with van der Waals surface area (Å²) in [6, 6.07) is 11.0. The zero-order valence-corrected chi connectivity index (χ0v) is 11.2. The molecular formula is C13H14N4OS. The van der Waals surface area contributed by atoms with Gasteiger partial charge in [-0.15, -0.1) is 0 Å². The Kier molecular flexibility index (Phi) is 4.01. The highest BCUT2D eigenvalue weighted by atomic mass is 32.2. The molecule has 5 nitrogen and oxygen atoms in total. The molecule has 1 heterocycles. The van der Waals surface area contributed by atoms with Gasteiger partial charge < -0.3 is 11.5 Å². The van der Waals surface area contributed by atoms with Gasteiger partial charge in [-0.05, 0) is 12.5 Å². The third-order valence-corrected chi connectivity index (χ3v) is 3.57. The van der Waals surface area contributed by atoms with E-state index < -0.39 is 11.2 Å². The Morgan fingerprint density at radius 2 is 1.95 bits per heavy atom. The summed E-state index contributed by atoms with van der Waals surface area (Å²) in [7, 11) is 0. The number of carbonyl (C=O) groups excluding carboxylic acids is 1. The summed E-state index contributed by atoms with van der Waals surface area (Å²) < 4.78 is 0. The van der Waals surface area contributed by atoms with Gasteiger partial charge in [-0.2, -0.15) is 0 Å². The van der Waals surface area contributed by atoms with Crippen molar-refractivity contribution in [3.05, 3.63) is 47.7 Å². The SMILES string of the molecule is Cc1cc(N)nc(SC(C(N)=O)c2ccccc2)n1. The summed E-state index contributed by atoms with van der Waals surface area (Å²) in [5.74, 6) is -0.0499. The molecule has 0 fully saturated rings. The fraction of sp³-hybridized carbons (Fsp3) is 0.154. The highest BCUT2D eigenvalue weighted by molar-refractivity contribution is 8.00. The standard InChI is InChI=1S/C13H14N4OS/c1-8-7-10(14)17-13(16-8)19-11(12(15)18)9-5-3-2-4-6-9/h2-7,11H,1H3,(H2,15,18)(H2,14,16,17). The van der Waals surface area contributed by atoms with Gasteiger partial charge in [-0.1, -0.05) is 42.1 Å². The van der Waals surface area contributed by atoms with Crippen LogP contribution in [-0.4, -0.2) is 15.9 Å². The van der Waals surface area contributed by atoms with Gasteiger partial charge in [-0.3, -0.25) is 4.79 Å². The number of nitrogen functional groups attached to an aromatic ring is 1. The van der Waals surface area contributed by atoms with Crippen LogP contribution in [0.5, 0.6) is 0 Å². The zero-order valence-electron chi connectivity index (χ0n) is 10.4. The summed E-state index contributed by atoms with van der Waals surface area (Å²) in [5.41, 5.74) is 12.7. The number of thioether (sulfide) groups is 1. The van der Waals surface area contributed by atoms with Crippen molar-refractivity contribution >= 4 is 23.5 Å². The highest BCUT2D eigenvalue weighted by Crippen LogP contribution is 2.33. The van der Waals surface area contributed by atoms with E-state index in [1.54, 1.807) is 6.07 Å². The van der Waals surface area contributed by atoms with Gasteiger partial charge in [0.15, 0.2) is 5.16 Å². The molecule has 0 aliphatic rings. The molecule has 1 amide bonds. The molecule has 1 aromatic carbocycles. The van der Waals surface area contributed by atoms with Gasteiger partial charge >= 0.3 is 0 Å².